The molecule has 0 atom stereocenters. The number of para-hydroxylation sites is 1. The minimum atomic E-state index is -0.759. The number of benzene rings is 1. The minimum Gasteiger partial charge on any atom is -0.451 e. The molecule has 28 heavy (non-hydrogen) atoms. The van der Waals surface area contributed by atoms with Gasteiger partial charge in [-0.2, -0.15) is 0 Å². The standard InChI is InChI=1S/C20H20ClN3O4/c21-13-9-10-22-17(11-13)20(27)28-12-18(25)24-16-8-4-3-7-15(16)19(26)23-14-5-1-2-6-14/h3-4,7-11,14H,1-2,5-6,12H2,(H,23,26)(H,24,25). The Kier molecular flexibility index (Phi) is 6.60. The third-order valence-electron chi connectivity index (χ3n) is 4.40. The lowest BCUT2D eigenvalue weighted by Crippen LogP contribution is -2.33. The molecule has 2 N–H and O–H groups in total. The minimum absolute atomic E-state index is 0.0108. The van der Waals surface area contributed by atoms with E-state index in [4.69, 9.17) is 16.3 Å². The number of hydrogen-bond donors (Lipinski definition) is 2. The number of carbonyl (C=O) groups is 3. The Hall–Kier alpha value is -2.93. The van der Waals surface area contributed by atoms with Crippen molar-refractivity contribution in [2.45, 2.75) is 31.7 Å². The fourth-order valence-corrected chi connectivity index (χ4v) is 3.19. The zero-order chi connectivity index (χ0) is 19.9. The van der Waals surface area contributed by atoms with Gasteiger partial charge in [-0.05, 0) is 37.1 Å². The van der Waals surface area contributed by atoms with Crippen molar-refractivity contribution in [2.75, 3.05) is 11.9 Å². The van der Waals surface area contributed by atoms with Crippen molar-refractivity contribution in [1.82, 2.24) is 10.3 Å². The van der Waals surface area contributed by atoms with Crippen LogP contribution in [0.4, 0.5) is 5.69 Å². The smallest absolute Gasteiger partial charge is 0.357 e. The number of esters is 1. The molecule has 2 aromatic rings. The molecule has 1 aromatic carbocycles. The van der Waals surface area contributed by atoms with Crippen LogP contribution in [0.15, 0.2) is 42.6 Å². The van der Waals surface area contributed by atoms with Gasteiger partial charge in [0.2, 0.25) is 0 Å². The summed E-state index contributed by atoms with van der Waals surface area (Å²) in [7, 11) is 0. The fraction of sp³-hybridized carbons (Fsp3) is 0.300. The van der Waals surface area contributed by atoms with Crippen molar-refractivity contribution < 1.29 is 19.1 Å². The summed E-state index contributed by atoms with van der Waals surface area (Å²) >= 11 is 5.80. The number of nitrogens with one attached hydrogen (secondary N) is 2. The molecule has 7 nitrogen and oxygen atoms in total. The maximum Gasteiger partial charge on any atom is 0.357 e. The van der Waals surface area contributed by atoms with Crippen LogP contribution in [-0.4, -0.2) is 35.4 Å². The molecule has 1 aliphatic carbocycles. The van der Waals surface area contributed by atoms with Gasteiger partial charge < -0.3 is 15.4 Å². The summed E-state index contributed by atoms with van der Waals surface area (Å²) in [6.45, 7) is -0.508. The monoisotopic (exact) mass is 401 g/mol. The summed E-state index contributed by atoms with van der Waals surface area (Å²) in [4.78, 5) is 40.5. The lowest BCUT2D eigenvalue weighted by Gasteiger charge is -2.15. The number of nitrogens with zero attached hydrogens (tertiary/aromatic N) is 1. The number of ether oxygens (including phenoxy) is 1. The number of rotatable bonds is 6. The summed E-state index contributed by atoms with van der Waals surface area (Å²) < 4.78 is 4.95. The Morgan fingerprint density at radius 2 is 1.89 bits per heavy atom. The van der Waals surface area contributed by atoms with Gasteiger partial charge >= 0.3 is 5.97 Å². The van der Waals surface area contributed by atoms with Gasteiger partial charge in [0, 0.05) is 17.3 Å². The molecule has 1 aromatic heterocycles. The van der Waals surface area contributed by atoms with Crippen LogP contribution < -0.4 is 10.6 Å². The molecule has 0 bridgehead atoms. The summed E-state index contributed by atoms with van der Waals surface area (Å²) in [5, 5.41) is 5.94. The van der Waals surface area contributed by atoms with E-state index >= 15 is 0 Å². The van der Waals surface area contributed by atoms with Crippen LogP contribution in [0.2, 0.25) is 5.02 Å². The molecular formula is C20H20ClN3O4. The van der Waals surface area contributed by atoms with Gasteiger partial charge in [-0.25, -0.2) is 9.78 Å². The SMILES string of the molecule is O=C(COC(=O)c1cc(Cl)ccn1)Nc1ccccc1C(=O)NC1CCCC1. The highest BCUT2D eigenvalue weighted by Gasteiger charge is 2.20. The van der Waals surface area contributed by atoms with E-state index in [0.29, 0.717) is 16.3 Å². The topological polar surface area (TPSA) is 97.4 Å². The van der Waals surface area contributed by atoms with E-state index in [2.05, 4.69) is 15.6 Å². The van der Waals surface area contributed by atoms with E-state index < -0.39 is 18.5 Å². The third-order valence-corrected chi connectivity index (χ3v) is 4.64. The second kappa shape index (κ2) is 9.32. The van der Waals surface area contributed by atoms with Gasteiger partial charge in [-0.15, -0.1) is 0 Å². The van der Waals surface area contributed by atoms with Crippen molar-refractivity contribution in [2.24, 2.45) is 0 Å². The number of amides is 2. The fourth-order valence-electron chi connectivity index (χ4n) is 3.03. The maximum absolute atomic E-state index is 12.5. The Labute approximate surface area is 167 Å². The number of halogens is 1. The molecule has 0 saturated heterocycles. The lowest BCUT2D eigenvalue weighted by atomic mass is 10.1. The molecule has 2 amide bonds. The molecule has 146 valence electrons. The largest absolute Gasteiger partial charge is 0.451 e. The van der Waals surface area contributed by atoms with Crippen molar-refractivity contribution >= 4 is 35.1 Å². The first-order valence-corrected chi connectivity index (χ1v) is 9.39. The molecule has 0 radical (unpaired) electrons. The van der Waals surface area contributed by atoms with Gasteiger partial charge in [-0.3, -0.25) is 9.59 Å². The Morgan fingerprint density at radius 3 is 2.64 bits per heavy atom. The predicted molar refractivity (Wildman–Crippen MR) is 104 cm³/mol. The first kappa shape index (κ1) is 19.8. The quantitative estimate of drug-likeness (QED) is 0.724. The van der Waals surface area contributed by atoms with Crippen LogP contribution in [0.3, 0.4) is 0 Å². The van der Waals surface area contributed by atoms with E-state index in [1.54, 1.807) is 24.3 Å². The highest BCUT2D eigenvalue weighted by Crippen LogP contribution is 2.20. The van der Waals surface area contributed by atoms with Crippen LogP contribution in [-0.2, 0) is 9.53 Å². The zero-order valence-electron chi connectivity index (χ0n) is 15.1. The molecule has 0 aliphatic heterocycles. The molecule has 8 heteroatoms. The zero-order valence-corrected chi connectivity index (χ0v) is 15.9. The average molecular weight is 402 g/mol. The number of anilines is 1. The molecule has 0 unspecified atom stereocenters. The van der Waals surface area contributed by atoms with Crippen molar-refractivity contribution in [3.8, 4) is 0 Å². The van der Waals surface area contributed by atoms with Gasteiger partial charge in [-0.1, -0.05) is 36.6 Å². The highest BCUT2D eigenvalue weighted by atomic mass is 35.5. The van der Waals surface area contributed by atoms with Crippen LogP contribution in [0.25, 0.3) is 0 Å². The summed E-state index contributed by atoms with van der Waals surface area (Å²) in [5.41, 5.74) is 0.738. The van der Waals surface area contributed by atoms with Crippen LogP contribution in [0, 0.1) is 0 Å². The molecular weight excluding hydrogens is 382 g/mol. The molecule has 1 heterocycles. The second-order valence-corrected chi connectivity index (χ2v) is 6.92. The average Bonchev–Trinajstić information content (AvgIpc) is 3.19. The van der Waals surface area contributed by atoms with Gasteiger partial charge in [0.1, 0.15) is 5.69 Å². The first-order chi connectivity index (χ1) is 13.5. The number of aromatic nitrogens is 1. The van der Waals surface area contributed by atoms with Crippen LogP contribution in [0.5, 0.6) is 0 Å². The lowest BCUT2D eigenvalue weighted by molar-refractivity contribution is -0.119. The van der Waals surface area contributed by atoms with E-state index in [-0.39, 0.29) is 17.6 Å². The van der Waals surface area contributed by atoms with E-state index in [1.165, 1.54) is 18.3 Å². The normalized spacial score (nSPS) is 13.8. The summed E-state index contributed by atoms with van der Waals surface area (Å²) in [6.07, 6.45) is 5.52. The Morgan fingerprint density at radius 1 is 1.14 bits per heavy atom. The van der Waals surface area contributed by atoms with Crippen molar-refractivity contribution in [3.05, 3.63) is 58.9 Å². The maximum atomic E-state index is 12.5. The van der Waals surface area contributed by atoms with Gasteiger partial charge in [0.15, 0.2) is 6.61 Å². The molecule has 3 rings (SSSR count). The van der Waals surface area contributed by atoms with Gasteiger partial charge in [0.05, 0.1) is 11.3 Å². The third kappa shape index (κ3) is 5.29. The summed E-state index contributed by atoms with van der Waals surface area (Å²) in [5.74, 6) is -1.55. The number of pyridine rings is 1. The van der Waals surface area contributed by atoms with Gasteiger partial charge in [0.25, 0.3) is 11.8 Å². The molecule has 1 fully saturated rings. The predicted octanol–water partition coefficient (Wildman–Crippen LogP) is 3.20. The molecule has 1 aliphatic rings. The highest BCUT2D eigenvalue weighted by molar-refractivity contribution is 6.30. The number of hydrogen-bond acceptors (Lipinski definition) is 5. The molecule has 1 saturated carbocycles. The van der Waals surface area contributed by atoms with Crippen LogP contribution in [0.1, 0.15) is 46.5 Å². The van der Waals surface area contributed by atoms with Crippen molar-refractivity contribution in [1.29, 1.82) is 0 Å². The van der Waals surface area contributed by atoms with E-state index in [0.717, 1.165) is 25.7 Å². The first-order valence-electron chi connectivity index (χ1n) is 9.01. The summed E-state index contributed by atoms with van der Waals surface area (Å²) in [6, 6.07) is 9.75. The van der Waals surface area contributed by atoms with Crippen molar-refractivity contribution in [3.63, 3.8) is 0 Å². The number of carbonyl (C=O) groups excluding carboxylic acids is 3. The Bertz CT molecular complexity index is 881. The van der Waals surface area contributed by atoms with E-state index in [1.807, 2.05) is 0 Å². The van der Waals surface area contributed by atoms with E-state index in [9.17, 15) is 14.4 Å². The Balaban J connectivity index is 1.58. The molecule has 0 spiro atoms. The second-order valence-electron chi connectivity index (χ2n) is 6.48. The van der Waals surface area contributed by atoms with Crippen LogP contribution >= 0.6 is 11.6 Å².